The molecule has 0 aliphatic carbocycles. The molecule has 0 spiro atoms. The summed E-state index contributed by atoms with van der Waals surface area (Å²) in [6, 6.07) is 4.96. The molecular formula is C16H25ClFNO. The molecule has 2 nitrogen and oxygen atoms in total. The monoisotopic (exact) mass is 301 g/mol. The SMILES string of the molecule is CCCNC(Cc1ccc(F)cc1Cl)CC(C)COC. The molecule has 1 aromatic carbocycles. The van der Waals surface area contributed by atoms with Crippen LogP contribution in [0.3, 0.4) is 0 Å². The molecule has 0 saturated heterocycles. The molecule has 20 heavy (non-hydrogen) atoms. The lowest BCUT2D eigenvalue weighted by molar-refractivity contribution is 0.149. The van der Waals surface area contributed by atoms with Crippen molar-refractivity contribution in [3.8, 4) is 0 Å². The normalized spacial score (nSPS) is 14.2. The second-order valence-corrected chi connectivity index (χ2v) is 5.79. The van der Waals surface area contributed by atoms with Gasteiger partial charge in [0.15, 0.2) is 0 Å². The van der Waals surface area contributed by atoms with E-state index in [1.807, 2.05) is 0 Å². The number of hydrogen-bond donors (Lipinski definition) is 1. The molecule has 1 N–H and O–H groups in total. The van der Waals surface area contributed by atoms with E-state index in [-0.39, 0.29) is 5.82 Å². The topological polar surface area (TPSA) is 21.3 Å². The molecule has 0 heterocycles. The molecule has 0 saturated carbocycles. The molecular weight excluding hydrogens is 277 g/mol. The summed E-state index contributed by atoms with van der Waals surface area (Å²) in [5, 5.41) is 4.05. The molecule has 0 aliphatic heterocycles. The van der Waals surface area contributed by atoms with Crippen LogP contribution in [0.5, 0.6) is 0 Å². The average Bonchev–Trinajstić information content (AvgIpc) is 2.39. The molecule has 2 unspecified atom stereocenters. The largest absolute Gasteiger partial charge is 0.384 e. The molecule has 114 valence electrons. The highest BCUT2D eigenvalue weighted by Gasteiger charge is 2.15. The first-order valence-electron chi connectivity index (χ1n) is 7.23. The maximum Gasteiger partial charge on any atom is 0.124 e. The van der Waals surface area contributed by atoms with Gasteiger partial charge in [0.1, 0.15) is 5.82 Å². The van der Waals surface area contributed by atoms with Crippen LogP contribution in [0.4, 0.5) is 4.39 Å². The fourth-order valence-corrected chi connectivity index (χ4v) is 2.62. The zero-order valence-corrected chi connectivity index (χ0v) is 13.3. The first-order chi connectivity index (χ1) is 9.56. The van der Waals surface area contributed by atoms with Gasteiger partial charge in [-0.25, -0.2) is 4.39 Å². The minimum atomic E-state index is -0.287. The Balaban J connectivity index is 2.67. The lowest BCUT2D eigenvalue weighted by Gasteiger charge is -2.22. The van der Waals surface area contributed by atoms with Crippen molar-refractivity contribution in [1.29, 1.82) is 0 Å². The van der Waals surface area contributed by atoms with Crippen LogP contribution < -0.4 is 5.32 Å². The van der Waals surface area contributed by atoms with Gasteiger partial charge in [0.2, 0.25) is 0 Å². The van der Waals surface area contributed by atoms with Crippen LogP contribution >= 0.6 is 11.6 Å². The van der Waals surface area contributed by atoms with E-state index < -0.39 is 0 Å². The molecule has 0 amide bonds. The van der Waals surface area contributed by atoms with Crippen LogP contribution in [0.2, 0.25) is 5.02 Å². The van der Waals surface area contributed by atoms with Gasteiger partial charge in [-0.15, -0.1) is 0 Å². The highest BCUT2D eigenvalue weighted by Crippen LogP contribution is 2.21. The molecule has 0 aliphatic rings. The van der Waals surface area contributed by atoms with E-state index in [4.69, 9.17) is 16.3 Å². The molecule has 0 aromatic heterocycles. The molecule has 1 aromatic rings. The van der Waals surface area contributed by atoms with Crippen LogP contribution in [0.25, 0.3) is 0 Å². The van der Waals surface area contributed by atoms with Crippen molar-refractivity contribution in [3.05, 3.63) is 34.6 Å². The number of rotatable bonds is 9. The van der Waals surface area contributed by atoms with Crippen molar-refractivity contribution >= 4 is 11.6 Å². The van der Waals surface area contributed by atoms with Crippen molar-refractivity contribution in [2.24, 2.45) is 5.92 Å². The summed E-state index contributed by atoms with van der Waals surface area (Å²) in [5.41, 5.74) is 0.992. The Bertz CT molecular complexity index is 400. The third-order valence-electron chi connectivity index (χ3n) is 3.30. The van der Waals surface area contributed by atoms with E-state index in [0.717, 1.165) is 38.0 Å². The summed E-state index contributed by atoms with van der Waals surface area (Å²) in [5.74, 6) is 0.193. The predicted octanol–water partition coefficient (Wildman–Crippen LogP) is 4.06. The van der Waals surface area contributed by atoms with Crippen molar-refractivity contribution in [1.82, 2.24) is 5.32 Å². The summed E-state index contributed by atoms with van der Waals surface area (Å²) < 4.78 is 18.3. The van der Waals surface area contributed by atoms with Crippen LogP contribution in [0.15, 0.2) is 18.2 Å². The summed E-state index contributed by atoms with van der Waals surface area (Å²) in [7, 11) is 1.72. The smallest absolute Gasteiger partial charge is 0.124 e. The number of nitrogens with one attached hydrogen (secondary N) is 1. The quantitative estimate of drug-likeness (QED) is 0.742. The second-order valence-electron chi connectivity index (χ2n) is 5.39. The van der Waals surface area contributed by atoms with Crippen molar-refractivity contribution < 1.29 is 9.13 Å². The number of hydrogen-bond acceptors (Lipinski definition) is 2. The molecule has 4 heteroatoms. The van der Waals surface area contributed by atoms with Gasteiger partial charge in [-0.05, 0) is 49.4 Å². The third-order valence-corrected chi connectivity index (χ3v) is 3.65. The number of halogens is 2. The van der Waals surface area contributed by atoms with Crippen molar-refractivity contribution in [3.63, 3.8) is 0 Å². The standard InChI is InChI=1S/C16H25ClFNO/c1-4-7-19-15(8-12(2)11-20-3)9-13-5-6-14(18)10-16(13)17/h5-6,10,12,15,19H,4,7-9,11H2,1-3H3. The number of methoxy groups -OCH3 is 1. The summed E-state index contributed by atoms with van der Waals surface area (Å²) in [6.07, 6.45) is 2.92. The Morgan fingerprint density at radius 1 is 1.40 bits per heavy atom. The Morgan fingerprint density at radius 2 is 2.15 bits per heavy atom. The van der Waals surface area contributed by atoms with Gasteiger partial charge in [0, 0.05) is 24.8 Å². The van der Waals surface area contributed by atoms with Crippen LogP contribution in [-0.4, -0.2) is 26.3 Å². The Morgan fingerprint density at radius 3 is 2.75 bits per heavy atom. The van der Waals surface area contributed by atoms with Gasteiger partial charge in [-0.1, -0.05) is 31.5 Å². The highest BCUT2D eigenvalue weighted by atomic mass is 35.5. The van der Waals surface area contributed by atoms with Crippen LogP contribution in [0, 0.1) is 11.7 Å². The Hall–Kier alpha value is -0.640. The van der Waals surface area contributed by atoms with E-state index in [0.29, 0.717) is 17.0 Å². The lowest BCUT2D eigenvalue weighted by Crippen LogP contribution is -2.34. The zero-order chi connectivity index (χ0) is 15.0. The van der Waals surface area contributed by atoms with Crippen molar-refractivity contribution in [2.45, 2.75) is 39.2 Å². The maximum atomic E-state index is 13.1. The first-order valence-corrected chi connectivity index (χ1v) is 7.60. The average molecular weight is 302 g/mol. The minimum absolute atomic E-state index is 0.287. The van der Waals surface area contributed by atoms with Gasteiger partial charge in [-0.3, -0.25) is 0 Å². The van der Waals surface area contributed by atoms with E-state index in [2.05, 4.69) is 19.2 Å². The first kappa shape index (κ1) is 17.4. The fraction of sp³-hybridized carbons (Fsp3) is 0.625. The van der Waals surface area contributed by atoms with Crippen LogP contribution in [-0.2, 0) is 11.2 Å². The molecule has 0 radical (unpaired) electrons. The third kappa shape index (κ3) is 6.21. The number of ether oxygens (including phenoxy) is 1. The fourth-order valence-electron chi connectivity index (χ4n) is 2.38. The minimum Gasteiger partial charge on any atom is -0.384 e. The van der Waals surface area contributed by atoms with E-state index in [1.165, 1.54) is 12.1 Å². The Kier molecular flexibility index (Phi) is 8.12. The van der Waals surface area contributed by atoms with E-state index in [9.17, 15) is 4.39 Å². The highest BCUT2D eigenvalue weighted by molar-refractivity contribution is 6.31. The van der Waals surface area contributed by atoms with Crippen molar-refractivity contribution in [2.75, 3.05) is 20.3 Å². The predicted molar refractivity (Wildman–Crippen MR) is 82.9 cm³/mol. The summed E-state index contributed by atoms with van der Waals surface area (Å²) in [4.78, 5) is 0. The van der Waals surface area contributed by atoms with E-state index >= 15 is 0 Å². The number of benzene rings is 1. The molecule has 1 rings (SSSR count). The summed E-state index contributed by atoms with van der Waals surface area (Å²) in [6.45, 7) is 6.05. The van der Waals surface area contributed by atoms with Gasteiger partial charge in [-0.2, -0.15) is 0 Å². The lowest BCUT2D eigenvalue weighted by atomic mass is 9.96. The van der Waals surface area contributed by atoms with Gasteiger partial charge in [0.25, 0.3) is 0 Å². The van der Waals surface area contributed by atoms with Gasteiger partial charge >= 0.3 is 0 Å². The van der Waals surface area contributed by atoms with Gasteiger partial charge < -0.3 is 10.1 Å². The molecule has 2 atom stereocenters. The second kappa shape index (κ2) is 9.32. The molecule has 0 bridgehead atoms. The van der Waals surface area contributed by atoms with Crippen LogP contribution in [0.1, 0.15) is 32.3 Å². The summed E-state index contributed by atoms with van der Waals surface area (Å²) >= 11 is 6.11. The molecule has 0 fully saturated rings. The maximum absolute atomic E-state index is 13.1. The Labute approximate surface area is 126 Å². The van der Waals surface area contributed by atoms with Gasteiger partial charge in [0.05, 0.1) is 0 Å². The van der Waals surface area contributed by atoms with E-state index in [1.54, 1.807) is 13.2 Å². The zero-order valence-electron chi connectivity index (χ0n) is 12.6.